The van der Waals surface area contributed by atoms with Gasteiger partial charge in [-0.3, -0.25) is 14.6 Å². The lowest BCUT2D eigenvalue weighted by atomic mass is 9.75. The van der Waals surface area contributed by atoms with Crippen LogP contribution in [0.5, 0.6) is 0 Å². The smallest absolute Gasteiger partial charge is 0.426 e. The van der Waals surface area contributed by atoms with Gasteiger partial charge in [0.25, 0.3) is 5.91 Å². The molecule has 0 saturated heterocycles. The van der Waals surface area contributed by atoms with E-state index in [-0.39, 0.29) is 11.6 Å². The van der Waals surface area contributed by atoms with Crippen molar-refractivity contribution in [1.29, 1.82) is 0 Å². The second-order valence-electron chi connectivity index (χ2n) is 7.30. The summed E-state index contributed by atoms with van der Waals surface area (Å²) in [6, 6.07) is 8.74. The molecule has 8 nitrogen and oxygen atoms in total. The van der Waals surface area contributed by atoms with Crippen molar-refractivity contribution in [3.63, 3.8) is 0 Å². The summed E-state index contributed by atoms with van der Waals surface area (Å²) in [5.74, 6) is -1.66. The number of nitrogens with one attached hydrogen (secondary N) is 2. The molecule has 1 aromatic carbocycles. The summed E-state index contributed by atoms with van der Waals surface area (Å²) >= 11 is 0. The predicted octanol–water partition coefficient (Wildman–Crippen LogP) is 0.751. The number of aromatic nitrogens is 2. The van der Waals surface area contributed by atoms with Crippen LogP contribution in [0, 0.1) is 5.92 Å². The number of carbonyl (C=O) groups is 2. The summed E-state index contributed by atoms with van der Waals surface area (Å²) in [4.78, 5) is 33.1. The summed E-state index contributed by atoms with van der Waals surface area (Å²) < 4.78 is 0. The highest BCUT2D eigenvalue weighted by atomic mass is 16.4. The molecule has 9 heteroatoms. The number of amides is 2. The Hall–Kier alpha value is -2.78. The van der Waals surface area contributed by atoms with Crippen molar-refractivity contribution in [3.8, 4) is 0 Å². The van der Waals surface area contributed by atoms with Crippen molar-refractivity contribution in [3.05, 3.63) is 60.2 Å². The van der Waals surface area contributed by atoms with Crippen LogP contribution in [0.25, 0.3) is 0 Å². The van der Waals surface area contributed by atoms with Crippen molar-refractivity contribution in [2.75, 3.05) is 0 Å². The van der Waals surface area contributed by atoms with Crippen molar-refractivity contribution < 1.29 is 19.6 Å². The topological polar surface area (TPSA) is 124 Å². The van der Waals surface area contributed by atoms with Gasteiger partial charge in [-0.25, -0.2) is 4.98 Å². The fourth-order valence-electron chi connectivity index (χ4n) is 2.92. The molecule has 1 heterocycles. The monoisotopic (exact) mass is 398 g/mol. The molecule has 1 aromatic heterocycles. The second-order valence-corrected chi connectivity index (χ2v) is 7.30. The zero-order chi connectivity index (χ0) is 21.2. The number of benzene rings is 1. The van der Waals surface area contributed by atoms with Gasteiger partial charge >= 0.3 is 7.12 Å². The lowest BCUT2D eigenvalue weighted by molar-refractivity contribution is -0.123. The van der Waals surface area contributed by atoms with Crippen LogP contribution in [0.1, 0.15) is 42.7 Å². The molecule has 0 bridgehead atoms. The van der Waals surface area contributed by atoms with E-state index in [9.17, 15) is 19.6 Å². The molecule has 0 aliphatic rings. The Morgan fingerprint density at radius 2 is 1.83 bits per heavy atom. The lowest BCUT2D eigenvalue weighted by Crippen LogP contribution is -2.54. The van der Waals surface area contributed by atoms with E-state index in [0.717, 1.165) is 5.56 Å². The molecule has 0 aliphatic heterocycles. The molecule has 0 aliphatic carbocycles. The van der Waals surface area contributed by atoms with E-state index in [0.29, 0.717) is 19.3 Å². The number of aryl methyl sites for hydroxylation is 1. The molecule has 154 valence electrons. The van der Waals surface area contributed by atoms with Crippen LogP contribution >= 0.6 is 0 Å². The zero-order valence-electron chi connectivity index (χ0n) is 16.7. The third-order valence-electron chi connectivity index (χ3n) is 4.40. The van der Waals surface area contributed by atoms with Gasteiger partial charge in [-0.1, -0.05) is 44.2 Å². The van der Waals surface area contributed by atoms with Gasteiger partial charge in [-0.15, -0.1) is 0 Å². The van der Waals surface area contributed by atoms with Crippen LogP contribution in [0.4, 0.5) is 0 Å². The quantitative estimate of drug-likeness (QED) is 0.438. The second kappa shape index (κ2) is 11.3. The highest BCUT2D eigenvalue weighted by Gasteiger charge is 2.30. The van der Waals surface area contributed by atoms with Crippen LogP contribution in [0.15, 0.2) is 48.9 Å². The molecule has 0 unspecified atom stereocenters. The molecule has 2 atom stereocenters. The highest BCUT2D eigenvalue weighted by Crippen LogP contribution is 2.09. The van der Waals surface area contributed by atoms with Gasteiger partial charge in [0.05, 0.1) is 12.1 Å². The minimum absolute atomic E-state index is 0.103. The van der Waals surface area contributed by atoms with Crippen molar-refractivity contribution in [2.45, 2.75) is 45.1 Å². The number of rotatable bonds is 10. The van der Waals surface area contributed by atoms with Gasteiger partial charge in [0.2, 0.25) is 5.91 Å². The lowest BCUT2D eigenvalue weighted by Gasteiger charge is -2.24. The molecule has 2 rings (SSSR count). The van der Waals surface area contributed by atoms with Crippen LogP contribution in [0.3, 0.4) is 0 Å². The maximum atomic E-state index is 12.8. The first-order valence-electron chi connectivity index (χ1n) is 9.64. The summed E-state index contributed by atoms with van der Waals surface area (Å²) in [5, 5.41) is 24.5. The van der Waals surface area contributed by atoms with Crippen molar-refractivity contribution in [1.82, 2.24) is 20.6 Å². The number of carbonyl (C=O) groups excluding carboxylic acids is 2. The van der Waals surface area contributed by atoms with E-state index < -0.39 is 30.9 Å². The van der Waals surface area contributed by atoms with Gasteiger partial charge in [-0.05, 0) is 30.7 Å². The summed E-state index contributed by atoms with van der Waals surface area (Å²) in [6.45, 7) is 3.84. The van der Waals surface area contributed by atoms with Crippen LogP contribution in [-0.4, -0.2) is 50.9 Å². The molecule has 2 aromatic rings. The van der Waals surface area contributed by atoms with Crippen LogP contribution < -0.4 is 10.6 Å². The van der Waals surface area contributed by atoms with Gasteiger partial charge in [-0.2, -0.15) is 0 Å². The fourth-order valence-corrected chi connectivity index (χ4v) is 2.92. The molecule has 29 heavy (non-hydrogen) atoms. The van der Waals surface area contributed by atoms with E-state index in [4.69, 9.17) is 0 Å². The molecule has 2 amide bonds. The number of hydrogen-bond acceptors (Lipinski definition) is 6. The van der Waals surface area contributed by atoms with Crippen molar-refractivity contribution >= 4 is 18.9 Å². The maximum absolute atomic E-state index is 12.8. The number of nitrogens with zero attached hydrogens (tertiary/aromatic N) is 2. The first kappa shape index (κ1) is 22.5. The third kappa shape index (κ3) is 7.63. The van der Waals surface area contributed by atoms with Gasteiger partial charge < -0.3 is 20.7 Å². The average molecular weight is 398 g/mol. The Bertz CT molecular complexity index is 775. The Kier molecular flexibility index (Phi) is 8.76. The fraction of sp³-hybridized carbons (Fsp3) is 0.400. The van der Waals surface area contributed by atoms with E-state index in [1.807, 2.05) is 44.2 Å². The Morgan fingerprint density at radius 1 is 1.10 bits per heavy atom. The average Bonchev–Trinajstić information content (AvgIpc) is 2.71. The predicted molar refractivity (Wildman–Crippen MR) is 110 cm³/mol. The first-order valence-corrected chi connectivity index (χ1v) is 9.64. The molecule has 0 radical (unpaired) electrons. The van der Waals surface area contributed by atoms with E-state index in [2.05, 4.69) is 20.6 Å². The molecular weight excluding hydrogens is 371 g/mol. The summed E-state index contributed by atoms with van der Waals surface area (Å²) in [6.07, 6.45) is 5.48. The SMILES string of the molecule is CC(C)C[C@H](NC(=O)[C@H](CCc1ccccc1)NC(=O)c1cnccn1)B(O)O. The molecular formula is C20H27BN4O4. The minimum Gasteiger partial charge on any atom is -0.426 e. The highest BCUT2D eigenvalue weighted by molar-refractivity contribution is 6.43. The van der Waals surface area contributed by atoms with E-state index in [1.54, 1.807) is 0 Å². The summed E-state index contributed by atoms with van der Waals surface area (Å²) in [5.41, 5.74) is 1.13. The largest absolute Gasteiger partial charge is 0.475 e. The Morgan fingerprint density at radius 3 is 2.41 bits per heavy atom. The van der Waals surface area contributed by atoms with E-state index in [1.165, 1.54) is 18.6 Å². The molecule has 0 spiro atoms. The number of hydrogen-bond donors (Lipinski definition) is 4. The first-order chi connectivity index (χ1) is 13.9. The Labute approximate surface area is 170 Å². The minimum atomic E-state index is -1.69. The van der Waals surface area contributed by atoms with Gasteiger partial charge in [0, 0.05) is 12.4 Å². The van der Waals surface area contributed by atoms with Gasteiger partial charge in [0.15, 0.2) is 0 Å². The molecule has 0 fully saturated rings. The third-order valence-corrected chi connectivity index (χ3v) is 4.40. The zero-order valence-corrected chi connectivity index (χ0v) is 16.7. The standard InChI is InChI=1S/C20H27BN4O4/c1-14(2)12-18(21(28)29)25-19(26)16(9-8-15-6-4-3-5-7-15)24-20(27)17-13-22-10-11-23-17/h3-7,10-11,13-14,16,18,28-29H,8-9,12H2,1-2H3,(H,24,27)(H,25,26)/t16-,18-/m0/s1. The maximum Gasteiger partial charge on any atom is 0.475 e. The molecule has 0 saturated carbocycles. The van der Waals surface area contributed by atoms with Crippen molar-refractivity contribution in [2.24, 2.45) is 5.92 Å². The normalized spacial score (nSPS) is 12.9. The Balaban J connectivity index is 2.11. The molecule has 4 N–H and O–H groups in total. The van der Waals surface area contributed by atoms with Crippen LogP contribution in [-0.2, 0) is 11.2 Å². The van der Waals surface area contributed by atoms with Gasteiger partial charge in [0.1, 0.15) is 11.7 Å². The summed E-state index contributed by atoms with van der Waals surface area (Å²) in [7, 11) is -1.69. The van der Waals surface area contributed by atoms with Crippen LogP contribution in [0.2, 0.25) is 0 Å². The van der Waals surface area contributed by atoms with E-state index >= 15 is 0 Å².